The van der Waals surface area contributed by atoms with Crippen molar-refractivity contribution < 1.29 is 9.53 Å². The molecule has 0 unspecified atom stereocenters. The molecule has 1 amide bonds. The van der Waals surface area contributed by atoms with Crippen LogP contribution >= 0.6 is 24.0 Å². The monoisotopic (exact) mass is 461 g/mol. The molecule has 1 aliphatic heterocycles. The van der Waals surface area contributed by atoms with Crippen LogP contribution in [-0.4, -0.2) is 17.3 Å². The van der Waals surface area contributed by atoms with Crippen LogP contribution in [0, 0.1) is 17.8 Å². The Morgan fingerprint density at radius 3 is 2.19 bits per heavy atom. The van der Waals surface area contributed by atoms with E-state index in [0.29, 0.717) is 14.6 Å². The molecule has 0 atom stereocenters. The summed E-state index contributed by atoms with van der Waals surface area (Å²) in [7, 11) is 1.81. The predicted octanol–water partition coefficient (Wildman–Crippen LogP) is 6.32. The van der Waals surface area contributed by atoms with Gasteiger partial charge >= 0.3 is 0 Å². The second kappa shape index (κ2) is 7.74. The normalized spacial score (nSPS) is 31.9. The van der Waals surface area contributed by atoms with Crippen LogP contribution in [0.15, 0.2) is 47.4 Å². The average molecular weight is 462 g/mol. The van der Waals surface area contributed by atoms with Crippen molar-refractivity contribution in [3.8, 4) is 16.9 Å². The molecule has 2 aromatic rings. The third kappa shape index (κ3) is 3.50. The number of benzene rings is 2. The van der Waals surface area contributed by atoms with Gasteiger partial charge in [0.1, 0.15) is 10.1 Å². The Kier molecular flexibility index (Phi) is 4.96. The molecule has 2 aromatic carbocycles. The van der Waals surface area contributed by atoms with Crippen molar-refractivity contribution in [1.82, 2.24) is 5.32 Å². The highest BCUT2D eigenvalue weighted by atomic mass is 32.2. The Balaban J connectivity index is 1.33. The molecule has 0 radical (unpaired) electrons. The summed E-state index contributed by atoms with van der Waals surface area (Å²) in [6, 6.07) is 15.2. The molecule has 5 aliphatic rings. The van der Waals surface area contributed by atoms with Crippen LogP contribution < -0.4 is 10.1 Å². The van der Waals surface area contributed by atoms with Crippen LogP contribution in [0.5, 0.6) is 5.75 Å². The zero-order valence-corrected chi connectivity index (χ0v) is 19.9. The number of rotatable bonds is 4. The number of hydrogen-bond acceptors (Lipinski definition) is 4. The number of methoxy groups -OCH3 is 1. The third-order valence-electron chi connectivity index (χ3n) is 7.99. The van der Waals surface area contributed by atoms with E-state index < -0.39 is 0 Å². The van der Waals surface area contributed by atoms with E-state index >= 15 is 0 Å². The topological polar surface area (TPSA) is 38.3 Å². The molecule has 5 heteroatoms. The van der Waals surface area contributed by atoms with Crippen LogP contribution in [0.4, 0.5) is 0 Å². The highest BCUT2D eigenvalue weighted by Gasteiger charge is 2.52. The van der Waals surface area contributed by atoms with E-state index in [1.165, 1.54) is 67.0 Å². The smallest absolute Gasteiger partial charge is 0.263 e. The molecule has 7 rings (SSSR count). The summed E-state index contributed by atoms with van der Waals surface area (Å²) in [5, 5.41) is 2.67. The van der Waals surface area contributed by atoms with Gasteiger partial charge in [-0.3, -0.25) is 4.79 Å². The molecule has 164 valence electrons. The largest absolute Gasteiger partial charge is 0.496 e. The summed E-state index contributed by atoms with van der Waals surface area (Å²) >= 11 is 6.40. The average Bonchev–Trinajstić information content (AvgIpc) is 3.09. The van der Waals surface area contributed by atoms with Gasteiger partial charge in [0, 0.05) is 5.56 Å². The van der Waals surface area contributed by atoms with Gasteiger partial charge in [-0.25, -0.2) is 0 Å². The molecule has 1 saturated heterocycles. The maximum Gasteiger partial charge on any atom is 0.263 e. The number of thioether (sulfide) groups is 1. The highest BCUT2D eigenvalue weighted by molar-refractivity contribution is 8.26. The lowest BCUT2D eigenvalue weighted by Gasteiger charge is -2.57. The summed E-state index contributed by atoms with van der Waals surface area (Å²) in [6.07, 6.45) is 10.2. The number of carbonyl (C=O) groups is 1. The Morgan fingerprint density at radius 1 is 1.00 bits per heavy atom. The van der Waals surface area contributed by atoms with Crippen LogP contribution in [-0.2, 0) is 10.2 Å². The van der Waals surface area contributed by atoms with E-state index in [0.717, 1.165) is 29.1 Å². The standard InChI is InChI=1S/C27H27NO2S2/c1-30-23-7-6-21(12-22(23)27-13-17-8-18(14-27)10-19(9-17)15-27)20-4-2-16(3-5-20)11-24-25(29)28-26(31)32-24/h2-7,11-12,17-19H,8-10,13-15H2,1H3,(H,28,29,31). The SMILES string of the molecule is COc1ccc(-c2ccc(C=C3SC(=S)NC3=O)cc2)cc1C12CC3CC(CC(C3)C1)C2. The Morgan fingerprint density at radius 2 is 1.62 bits per heavy atom. The fourth-order valence-corrected chi connectivity index (χ4v) is 8.13. The second-order valence-electron chi connectivity index (χ2n) is 10.1. The van der Waals surface area contributed by atoms with E-state index in [2.05, 4.69) is 47.8 Å². The lowest BCUT2D eigenvalue weighted by molar-refractivity contribution is -0.115. The summed E-state index contributed by atoms with van der Waals surface area (Å²) < 4.78 is 6.40. The van der Waals surface area contributed by atoms with Crippen molar-refractivity contribution in [1.29, 1.82) is 0 Å². The first-order valence-corrected chi connectivity index (χ1v) is 12.8. The van der Waals surface area contributed by atoms with E-state index in [4.69, 9.17) is 17.0 Å². The molecule has 1 N–H and O–H groups in total. The van der Waals surface area contributed by atoms with Crippen molar-refractivity contribution >= 4 is 40.3 Å². The quantitative estimate of drug-likeness (QED) is 0.427. The first kappa shape index (κ1) is 20.5. The number of carbonyl (C=O) groups excluding carboxylic acids is 1. The zero-order valence-electron chi connectivity index (χ0n) is 18.2. The molecule has 0 spiro atoms. The molecule has 3 nitrogen and oxygen atoms in total. The minimum absolute atomic E-state index is 0.112. The van der Waals surface area contributed by atoms with Crippen molar-refractivity contribution in [2.75, 3.05) is 7.11 Å². The van der Waals surface area contributed by atoms with Crippen LogP contribution in [0.1, 0.15) is 49.7 Å². The van der Waals surface area contributed by atoms with E-state index in [1.54, 1.807) is 0 Å². The number of amides is 1. The van der Waals surface area contributed by atoms with Gasteiger partial charge in [0.15, 0.2) is 0 Å². The maximum atomic E-state index is 11.9. The van der Waals surface area contributed by atoms with Crippen LogP contribution in [0.25, 0.3) is 17.2 Å². The van der Waals surface area contributed by atoms with Crippen molar-refractivity contribution in [2.45, 2.75) is 43.9 Å². The molecule has 4 saturated carbocycles. The van der Waals surface area contributed by atoms with Crippen molar-refractivity contribution in [3.05, 3.63) is 58.5 Å². The molecule has 0 aromatic heterocycles. The van der Waals surface area contributed by atoms with E-state index in [9.17, 15) is 4.79 Å². The minimum atomic E-state index is -0.112. The first-order chi connectivity index (χ1) is 15.5. The lowest BCUT2D eigenvalue weighted by atomic mass is 9.48. The molecule has 4 bridgehead atoms. The van der Waals surface area contributed by atoms with Gasteiger partial charge in [-0.05, 0) is 96.6 Å². The number of ether oxygens (including phenoxy) is 1. The van der Waals surface area contributed by atoms with Gasteiger partial charge in [-0.2, -0.15) is 0 Å². The van der Waals surface area contributed by atoms with Crippen molar-refractivity contribution in [3.63, 3.8) is 0 Å². The number of hydrogen-bond donors (Lipinski definition) is 1. The number of thiocarbonyl (C=S) groups is 1. The summed E-state index contributed by atoms with van der Waals surface area (Å²) in [5.74, 6) is 3.65. The van der Waals surface area contributed by atoms with E-state index in [-0.39, 0.29) is 5.91 Å². The predicted molar refractivity (Wildman–Crippen MR) is 135 cm³/mol. The summed E-state index contributed by atoms with van der Waals surface area (Å²) in [6.45, 7) is 0. The number of nitrogens with one attached hydrogen (secondary N) is 1. The van der Waals surface area contributed by atoms with Gasteiger partial charge in [-0.15, -0.1) is 0 Å². The first-order valence-electron chi connectivity index (χ1n) is 11.6. The second-order valence-corrected chi connectivity index (χ2v) is 11.8. The van der Waals surface area contributed by atoms with Gasteiger partial charge in [0.25, 0.3) is 5.91 Å². The van der Waals surface area contributed by atoms with Crippen LogP contribution in [0.2, 0.25) is 0 Å². The molecule has 5 fully saturated rings. The Labute approximate surface area is 199 Å². The summed E-state index contributed by atoms with van der Waals surface area (Å²) in [5.41, 5.74) is 5.16. The lowest BCUT2D eigenvalue weighted by Crippen LogP contribution is -2.48. The third-order valence-corrected chi connectivity index (χ3v) is 9.16. The molecular formula is C27H27NO2S2. The van der Waals surface area contributed by atoms with Crippen molar-refractivity contribution in [2.24, 2.45) is 17.8 Å². The van der Waals surface area contributed by atoms with Gasteiger partial charge < -0.3 is 10.1 Å². The summed E-state index contributed by atoms with van der Waals surface area (Å²) in [4.78, 5) is 12.6. The molecule has 32 heavy (non-hydrogen) atoms. The van der Waals surface area contributed by atoms with Gasteiger partial charge in [0.2, 0.25) is 0 Å². The van der Waals surface area contributed by atoms with Crippen LogP contribution in [0.3, 0.4) is 0 Å². The highest BCUT2D eigenvalue weighted by Crippen LogP contribution is 2.62. The van der Waals surface area contributed by atoms with E-state index in [1.807, 2.05) is 13.2 Å². The Hall–Kier alpha value is -2.11. The Bertz CT molecular complexity index is 1100. The van der Waals surface area contributed by atoms with Gasteiger partial charge in [0.05, 0.1) is 12.0 Å². The maximum absolute atomic E-state index is 11.9. The zero-order chi connectivity index (χ0) is 21.9. The molecule has 4 aliphatic carbocycles. The molecular weight excluding hydrogens is 434 g/mol. The fraction of sp³-hybridized carbons (Fsp3) is 0.407. The molecule has 1 heterocycles. The fourth-order valence-electron chi connectivity index (χ4n) is 7.09. The van der Waals surface area contributed by atoms with Gasteiger partial charge in [-0.1, -0.05) is 54.3 Å². The minimum Gasteiger partial charge on any atom is -0.496 e.